The van der Waals surface area contributed by atoms with Crippen LogP contribution in [0.3, 0.4) is 0 Å². The summed E-state index contributed by atoms with van der Waals surface area (Å²) >= 11 is 7.32. The molecule has 2 N–H and O–H groups in total. The van der Waals surface area contributed by atoms with Gasteiger partial charge in [-0.15, -0.1) is 0 Å². The zero-order valence-corrected chi connectivity index (χ0v) is 13.2. The average molecular weight is 380 g/mol. The van der Waals surface area contributed by atoms with Crippen molar-refractivity contribution in [3.8, 4) is 0 Å². The molecule has 2 aromatic heterocycles. The molecule has 3 aromatic rings. The molecule has 0 aliphatic heterocycles. The monoisotopic (exact) mass is 378 g/mol. The lowest BCUT2D eigenvalue weighted by atomic mass is 9.93. The fourth-order valence-electron chi connectivity index (χ4n) is 2.31. The zero-order valence-electron chi connectivity index (χ0n) is 10.0. The minimum absolute atomic E-state index is 0.148. The number of halogens is 2. The second kappa shape index (κ2) is 5.39. The number of benzene rings is 1. The van der Waals surface area contributed by atoms with Crippen LogP contribution >= 0.6 is 31.9 Å². The topological polar surface area (TPSA) is 31.6 Å². The third-order valence-corrected chi connectivity index (χ3v) is 4.54. The number of hydrogen-bond acceptors (Lipinski definition) is 0. The zero-order chi connectivity index (χ0) is 13.2. The highest BCUT2D eigenvalue weighted by atomic mass is 79.9. The normalized spacial score (nSPS) is 11.1. The standard InChI is InChI=1S/C15H12Br2N2/c16-10-4-1-5-11(17)14(10)15(12-6-2-8-18-12)13-7-3-9-19-13/h1-9,15,18-19H. The second-order valence-corrected chi connectivity index (χ2v) is 6.03. The minimum atomic E-state index is 0.148. The first kappa shape index (κ1) is 12.8. The van der Waals surface area contributed by atoms with Crippen molar-refractivity contribution in [1.82, 2.24) is 9.97 Å². The second-order valence-electron chi connectivity index (χ2n) is 4.32. The van der Waals surface area contributed by atoms with E-state index in [9.17, 15) is 0 Å². The van der Waals surface area contributed by atoms with E-state index in [0.29, 0.717) is 0 Å². The van der Waals surface area contributed by atoms with Gasteiger partial charge in [-0.1, -0.05) is 37.9 Å². The highest BCUT2D eigenvalue weighted by Crippen LogP contribution is 2.38. The molecule has 0 bridgehead atoms. The van der Waals surface area contributed by atoms with E-state index in [1.54, 1.807) is 0 Å². The maximum atomic E-state index is 3.66. The average Bonchev–Trinajstić information content (AvgIpc) is 3.07. The minimum Gasteiger partial charge on any atom is -0.364 e. The Morgan fingerprint density at radius 2 is 1.26 bits per heavy atom. The summed E-state index contributed by atoms with van der Waals surface area (Å²) in [4.78, 5) is 6.63. The SMILES string of the molecule is Brc1cccc(Br)c1C(c1ccc[nH]1)c1ccc[nH]1. The van der Waals surface area contributed by atoms with Gasteiger partial charge in [-0.25, -0.2) is 0 Å². The van der Waals surface area contributed by atoms with Gasteiger partial charge in [-0.2, -0.15) is 0 Å². The van der Waals surface area contributed by atoms with Crippen molar-refractivity contribution in [3.63, 3.8) is 0 Å². The largest absolute Gasteiger partial charge is 0.364 e. The summed E-state index contributed by atoms with van der Waals surface area (Å²) < 4.78 is 2.19. The number of H-pyrrole nitrogens is 2. The van der Waals surface area contributed by atoms with E-state index in [1.807, 2.05) is 30.6 Å². The van der Waals surface area contributed by atoms with Crippen molar-refractivity contribution in [2.75, 3.05) is 0 Å². The van der Waals surface area contributed by atoms with Gasteiger partial charge in [0.2, 0.25) is 0 Å². The first-order valence-corrected chi connectivity index (χ1v) is 7.56. The van der Waals surface area contributed by atoms with Crippen LogP contribution in [0.5, 0.6) is 0 Å². The summed E-state index contributed by atoms with van der Waals surface area (Å²) in [6.07, 6.45) is 3.91. The van der Waals surface area contributed by atoms with Crippen LogP contribution in [0, 0.1) is 0 Å². The van der Waals surface area contributed by atoms with E-state index in [0.717, 1.165) is 20.3 Å². The molecule has 19 heavy (non-hydrogen) atoms. The molecule has 1 aromatic carbocycles. The van der Waals surface area contributed by atoms with Gasteiger partial charge in [-0.05, 0) is 42.0 Å². The lowest BCUT2D eigenvalue weighted by Gasteiger charge is -2.18. The molecule has 0 radical (unpaired) electrons. The van der Waals surface area contributed by atoms with Crippen LogP contribution in [-0.2, 0) is 0 Å². The molecule has 0 spiro atoms. The summed E-state index contributed by atoms with van der Waals surface area (Å²) in [6.45, 7) is 0. The summed E-state index contributed by atoms with van der Waals surface area (Å²) in [5, 5.41) is 0. The predicted molar refractivity (Wildman–Crippen MR) is 84.4 cm³/mol. The number of nitrogens with one attached hydrogen (secondary N) is 2. The Labute approximate surface area is 128 Å². The van der Waals surface area contributed by atoms with Crippen molar-refractivity contribution in [3.05, 3.63) is 80.8 Å². The smallest absolute Gasteiger partial charge is 0.0663 e. The molecule has 0 amide bonds. The Kier molecular flexibility index (Phi) is 3.62. The van der Waals surface area contributed by atoms with Gasteiger partial charge >= 0.3 is 0 Å². The highest BCUT2D eigenvalue weighted by Gasteiger charge is 2.22. The van der Waals surface area contributed by atoms with Crippen LogP contribution in [0.1, 0.15) is 22.9 Å². The van der Waals surface area contributed by atoms with Crippen molar-refractivity contribution in [1.29, 1.82) is 0 Å². The van der Waals surface area contributed by atoms with Gasteiger partial charge in [0.25, 0.3) is 0 Å². The van der Waals surface area contributed by atoms with Gasteiger partial charge in [0.15, 0.2) is 0 Å². The maximum Gasteiger partial charge on any atom is 0.0663 e. The summed E-state index contributed by atoms with van der Waals surface area (Å²) in [6, 6.07) is 14.4. The molecule has 0 atom stereocenters. The van der Waals surface area contributed by atoms with Crippen LogP contribution in [0.2, 0.25) is 0 Å². The van der Waals surface area contributed by atoms with E-state index in [4.69, 9.17) is 0 Å². The fourth-order valence-corrected chi connectivity index (χ4v) is 3.77. The summed E-state index contributed by atoms with van der Waals surface area (Å²) in [5.74, 6) is 0.148. The van der Waals surface area contributed by atoms with Crippen LogP contribution in [0.4, 0.5) is 0 Å². The molecule has 0 unspecified atom stereocenters. The molecule has 0 aliphatic rings. The Balaban J connectivity index is 2.21. The number of rotatable bonds is 3. The van der Waals surface area contributed by atoms with E-state index in [-0.39, 0.29) is 5.92 Å². The molecule has 4 heteroatoms. The maximum absolute atomic E-state index is 3.66. The lowest BCUT2D eigenvalue weighted by molar-refractivity contribution is 0.887. The van der Waals surface area contributed by atoms with Gasteiger partial charge in [-0.3, -0.25) is 0 Å². The van der Waals surface area contributed by atoms with Gasteiger partial charge in [0.05, 0.1) is 5.92 Å². The molecule has 3 rings (SSSR count). The fraction of sp³-hybridized carbons (Fsp3) is 0.0667. The van der Waals surface area contributed by atoms with Crippen molar-refractivity contribution in [2.24, 2.45) is 0 Å². The first-order chi connectivity index (χ1) is 9.27. The van der Waals surface area contributed by atoms with E-state index in [2.05, 4.69) is 66.1 Å². The Morgan fingerprint density at radius 3 is 1.68 bits per heavy atom. The van der Waals surface area contributed by atoms with Gasteiger partial charge < -0.3 is 9.97 Å². The molecule has 0 fully saturated rings. The number of aromatic nitrogens is 2. The van der Waals surface area contributed by atoms with E-state index in [1.165, 1.54) is 5.56 Å². The van der Waals surface area contributed by atoms with Gasteiger partial charge in [0.1, 0.15) is 0 Å². The van der Waals surface area contributed by atoms with Crippen molar-refractivity contribution < 1.29 is 0 Å². The molecule has 0 saturated heterocycles. The van der Waals surface area contributed by atoms with Crippen LogP contribution in [0.25, 0.3) is 0 Å². The lowest BCUT2D eigenvalue weighted by Crippen LogP contribution is -2.06. The molecule has 0 saturated carbocycles. The quantitative estimate of drug-likeness (QED) is 0.638. The van der Waals surface area contributed by atoms with E-state index >= 15 is 0 Å². The Bertz CT molecular complexity index is 603. The molecular weight excluding hydrogens is 368 g/mol. The Morgan fingerprint density at radius 1 is 0.737 bits per heavy atom. The Hall–Kier alpha value is -1.26. The molecular formula is C15H12Br2N2. The third-order valence-electron chi connectivity index (χ3n) is 3.15. The van der Waals surface area contributed by atoms with E-state index < -0.39 is 0 Å². The van der Waals surface area contributed by atoms with Crippen LogP contribution in [-0.4, -0.2) is 9.97 Å². The predicted octanol–water partition coefficient (Wildman–Crippen LogP) is 5.05. The number of aromatic amines is 2. The van der Waals surface area contributed by atoms with Crippen molar-refractivity contribution in [2.45, 2.75) is 5.92 Å². The molecule has 0 aliphatic carbocycles. The summed E-state index contributed by atoms with van der Waals surface area (Å²) in [5.41, 5.74) is 3.54. The van der Waals surface area contributed by atoms with Crippen LogP contribution < -0.4 is 0 Å². The molecule has 2 nitrogen and oxygen atoms in total. The molecule has 96 valence electrons. The number of hydrogen-bond donors (Lipinski definition) is 2. The summed E-state index contributed by atoms with van der Waals surface area (Å²) in [7, 11) is 0. The van der Waals surface area contributed by atoms with Gasteiger partial charge in [0, 0.05) is 32.7 Å². The third kappa shape index (κ3) is 2.42. The molecule has 2 heterocycles. The van der Waals surface area contributed by atoms with Crippen molar-refractivity contribution >= 4 is 31.9 Å². The highest BCUT2D eigenvalue weighted by molar-refractivity contribution is 9.11. The van der Waals surface area contributed by atoms with Crippen LogP contribution in [0.15, 0.2) is 63.8 Å². The first-order valence-electron chi connectivity index (χ1n) is 5.98.